The van der Waals surface area contributed by atoms with Crippen LogP contribution in [0.15, 0.2) is 30.3 Å². The molecule has 0 aliphatic heterocycles. The first-order valence-corrected chi connectivity index (χ1v) is 6.19. The van der Waals surface area contributed by atoms with Gasteiger partial charge in [0.25, 0.3) is 0 Å². The van der Waals surface area contributed by atoms with Crippen molar-refractivity contribution in [3.63, 3.8) is 0 Å². The van der Waals surface area contributed by atoms with Gasteiger partial charge in [-0.05, 0) is 32.4 Å². The first-order valence-electron chi connectivity index (χ1n) is 6.19. The van der Waals surface area contributed by atoms with Gasteiger partial charge in [-0.25, -0.2) is 0 Å². The predicted molar refractivity (Wildman–Crippen MR) is 68.6 cm³/mol. The number of hydrogen-bond donors (Lipinski definition) is 1. The lowest BCUT2D eigenvalue weighted by molar-refractivity contribution is 0.0380. The molecule has 2 nitrogen and oxygen atoms in total. The third kappa shape index (κ3) is 3.95. The maximum atomic E-state index is 5.82. The van der Waals surface area contributed by atoms with Crippen LogP contribution < -0.4 is 5.32 Å². The SMILES string of the molecule is CCCNC(C)C(OCC)c1ccccc1. The quantitative estimate of drug-likeness (QED) is 0.763. The van der Waals surface area contributed by atoms with Gasteiger partial charge in [0.05, 0.1) is 6.10 Å². The van der Waals surface area contributed by atoms with E-state index in [-0.39, 0.29) is 6.10 Å². The van der Waals surface area contributed by atoms with Crippen LogP contribution in [0.4, 0.5) is 0 Å². The molecular weight excluding hydrogens is 198 g/mol. The van der Waals surface area contributed by atoms with Crippen molar-refractivity contribution >= 4 is 0 Å². The van der Waals surface area contributed by atoms with Gasteiger partial charge in [-0.3, -0.25) is 0 Å². The Hall–Kier alpha value is -0.860. The van der Waals surface area contributed by atoms with Crippen LogP contribution >= 0.6 is 0 Å². The van der Waals surface area contributed by atoms with Crippen molar-refractivity contribution in [2.24, 2.45) is 0 Å². The summed E-state index contributed by atoms with van der Waals surface area (Å²) in [5.41, 5.74) is 1.25. The van der Waals surface area contributed by atoms with Gasteiger partial charge in [-0.2, -0.15) is 0 Å². The maximum Gasteiger partial charge on any atom is 0.0974 e. The first-order chi connectivity index (χ1) is 7.79. The highest BCUT2D eigenvalue weighted by atomic mass is 16.5. The average Bonchev–Trinajstić information content (AvgIpc) is 2.34. The van der Waals surface area contributed by atoms with Crippen molar-refractivity contribution < 1.29 is 4.74 Å². The van der Waals surface area contributed by atoms with E-state index >= 15 is 0 Å². The lowest BCUT2D eigenvalue weighted by Gasteiger charge is -2.25. The number of rotatable bonds is 7. The van der Waals surface area contributed by atoms with Crippen molar-refractivity contribution in [3.8, 4) is 0 Å². The van der Waals surface area contributed by atoms with E-state index in [9.17, 15) is 0 Å². The molecule has 0 saturated carbocycles. The average molecular weight is 221 g/mol. The molecule has 1 aromatic carbocycles. The second-order valence-electron chi connectivity index (χ2n) is 4.03. The number of nitrogens with one attached hydrogen (secondary N) is 1. The van der Waals surface area contributed by atoms with Crippen molar-refractivity contribution in [1.29, 1.82) is 0 Å². The Bertz CT molecular complexity index is 273. The summed E-state index contributed by atoms with van der Waals surface area (Å²) in [5.74, 6) is 0. The topological polar surface area (TPSA) is 21.3 Å². The normalized spacial score (nSPS) is 14.7. The molecule has 0 bridgehead atoms. The highest BCUT2D eigenvalue weighted by molar-refractivity contribution is 5.19. The highest BCUT2D eigenvalue weighted by Gasteiger charge is 2.18. The summed E-state index contributed by atoms with van der Waals surface area (Å²) in [6.45, 7) is 8.19. The molecule has 0 heterocycles. The lowest BCUT2D eigenvalue weighted by Crippen LogP contribution is -2.34. The summed E-state index contributed by atoms with van der Waals surface area (Å²) in [4.78, 5) is 0. The molecular formula is C14H23NO. The van der Waals surface area contributed by atoms with E-state index in [0.29, 0.717) is 6.04 Å². The Labute approximate surface area is 99.0 Å². The van der Waals surface area contributed by atoms with E-state index in [1.807, 2.05) is 13.0 Å². The molecule has 0 fully saturated rings. The van der Waals surface area contributed by atoms with Gasteiger partial charge in [-0.1, -0.05) is 37.3 Å². The van der Waals surface area contributed by atoms with E-state index in [1.165, 1.54) is 5.56 Å². The zero-order valence-electron chi connectivity index (χ0n) is 10.6. The summed E-state index contributed by atoms with van der Waals surface area (Å²) >= 11 is 0. The third-order valence-corrected chi connectivity index (χ3v) is 2.64. The van der Waals surface area contributed by atoms with E-state index in [1.54, 1.807) is 0 Å². The van der Waals surface area contributed by atoms with Gasteiger partial charge in [0, 0.05) is 12.6 Å². The molecule has 2 heteroatoms. The van der Waals surface area contributed by atoms with E-state index in [4.69, 9.17) is 4.74 Å². The van der Waals surface area contributed by atoms with Crippen LogP contribution in [0.3, 0.4) is 0 Å². The second kappa shape index (κ2) is 7.42. The Morgan fingerprint density at radius 2 is 1.88 bits per heavy atom. The molecule has 16 heavy (non-hydrogen) atoms. The Kier molecular flexibility index (Phi) is 6.12. The molecule has 0 aromatic heterocycles. The Morgan fingerprint density at radius 3 is 2.44 bits per heavy atom. The standard InChI is InChI=1S/C14H23NO/c1-4-11-15-12(3)14(16-5-2)13-9-7-6-8-10-13/h6-10,12,14-15H,4-5,11H2,1-3H3. The molecule has 0 amide bonds. The molecule has 1 rings (SSSR count). The summed E-state index contributed by atoms with van der Waals surface area (Å²) in [5, 5.41) is 3.49. The van der Waals surface area contributed by atoms with Gasteiger partial charge < -0.3 is 10.1 Å². The van der Waals surface area contributed by atoms with Crippen LogP contribution in [-0.4, -0.2) is 19.2 Å². The first kappa shape index (κ1) is 13.2. The van der Waals surface area contributed by atoms with Crippen molar-refractivity contribution in [2.75, 3.05) is 13.2 Å². The minimum absolute atomic E-state index is 0.151. The fourth-order valence-corrected chi connectivity index (χ4v) is 1.83. The zero-order chi connectivity index (χ0) is 11.8. The summed E-state index contributed by atoms with van der Waals surface area (Å²) in [6, 6.07) is 10.8. The summed E-state index contributed by atoms with van der Waals surface area (Å²) in [6.07, 6.45) is 1.30. The molecule has 0 radical (unpaired) electrons. The van der Waals surface area contributed by atoms with Gasteiger partial charge in [0.2, 0.25) is 0 Å². The van der Waals surface area contributed by atoms with Crippen molar-refractivity contribution in [1.82, 2.24) is 5.32 Å². The maximum absolute atomic E-state index is 5.82. The van der Waals surface area contributed by atoms with E-state index in [2.05, 4.69) is 43.4 Å². The number of ether oxygens (including phenoxy) is 1. The largest absolute Gasteiger partial charge is 0.372 e. The third-order valence-electron chi connectivity index (χ3n) is 2.64. The molecule has 0 spiro atoms. The van der Waals surface area contributed by atoms with E-state index < -0.39 is 0 Å². The van der Waals surface area contributed by atoms with Gasteiger partial charge >= 0.3 is 0 Å². The Morgan fingerprint density at radius 1 is 1.19 bits per heavy atom. The smallest absolute Gasteiger partial charge is 0.0974 e. The fourth-order valence-electron chi connectivity index (χ4n) is 1.83. The van der Waals surface area contributed by atoms with E-state index in [0.717, 1.165) is 19.6 Å². The zero-order valence-corrected chi connectivity index (χ0v) is 10.6. The number of hydrogen-bond acceptors (Lipinski definition) is 2. The molecule has 1 aromatic rings. The molecule has 2 atom stereocenters. The van der Waals surface area contributed by atoms with Crippen LogP contribution in [0.25, 0.3) is 0 Å². The van der Waals surface area contributed by atoms with Gasteiger partial charge in [0.15, 0.2) is 0 Å². The van der Waals surface area contributed by atoms with Crippen molar-refractivity contribution in [2.45, 2.75) is 39.3 Å². The van der Waals surface area contributed by atoms with Gasteiger partial charge in [-0.15, -0.1) is 0 Å². The number of benzene rings is 1. The van der Waals surface area contributed by atoms with Crippen LogP contribution in [0.2, 0.25) is 0 Å². The predicted octanol–water partition coefficient (Wildman–Crippen LogP) is 3.15. The minimum atomic E-state index is 0.151. The van der Waals surface area contributed by atoms with Crippen LogP contribution in [0, 0.1) is 0 Å². The summed E-state index contributed by atoms with van der Waals surface area (Å²) < 4.78 is 5.82. The van der Waals surface area contributed by atoms with Crippen LogP contribution in [-0.2, 0) is 4.74 Å². The highest BCUT2D eigenvalue weighted by Crippen LogP contribution is 2.20. The van der Waals surface area contributed by atoms with Crippen LogP contribution in [0.5, 0.6) is 0 Å². The minimum Gasteiger partial charge on any atom is -0.372 e. The van der Waals surface area contributed by atoms with Crippen molar-refractivity contribution in [3.05, 3.63) is 35.9 Å². The van der Waals surface area contributed by atoms with Crippen LogP contribution in [0.1, 0.15) is 38.9 Å². The molecule has 0 aliphatic carbocycles. The molecule has 2 unspecified atom stereocenters. The monoisotopic (exact) mass is 221 g/mol. The fraction of sp³-hybridized carbons (Fsp3) is 0.571. The molecule has 0 saturated heterocycles. The summed E-state index contributed by atoms with van der Waals surface area (Å²) in [7, 11) is 0. The molecule has 0 aliphatic rings. The Balaban J connectivity index is 2.66. The van der Waals surface area contributed by atoms with Gasteiger partial charge in [0.1, 0.15) is 0 Å². The second-order valence-corrected chi connectivity index (χ2v) is 4.03. The molecule has 90 valence electrons. The molecule has 1 N–H and O–H groups in total. The lowest BCUT2D eigenvalue weighted by atomic mass is 10.0.